The van der Waals surface area contributed by atoms with Gasteiger partial charge in [-0.3, -0.25) is 19.5 Å². The lowest BCUT2D eigenvalue weighted by atomic mass is 10.1. The lowest BCUT2D eigenvalue weighted by molar-refractivity contribution is 0.0374. The summed E-state index contributed by atoms with van der Waals surface area (Å²) < 4.78 is 5.36. The molecule has 8 nitrogen and oxygen atoms in total. The van der Waals surface area contributed by atoms with Gasteiger partial charge < -0.3 is 20.3 Å². The fraction of sp³-hybridized carbons (Fsp3) is 0.296. The molecule has 1 fully saturated rings. The van der Waals surface area contributed by atoms with Crippen molar-refractivity contribution >= 4 is 28.9 Å². The molecule has 2 amide bonds. The number of aromatic nitrogens is 1. The number of carbonyl (C=O) groups excluding carboxylic acids is 2. The molecule has 0 unspecified atom stereocenters. The number of anilines is 3. The minimum absolute atomic E-state index is 0.0986. The summed E-state index contributed by atoms with van der Waals surface area (Å²) in [5.74, 6) is -0.219. The van der Waals surface area contributed by atoms with Crippen LogP contribution in [-0.4, -0.2) is 68.1 Å². The average Bonchev–Trinajstić information content (AvgIpc) is 2.91. The second kappa shape index (κ2) is 12.1. The monoisotopic (exact) mass is 473 g/mol. The van der Waals surface area contributed by atoms with Crippen molar-refractivity contribution in [2.45, 2.75) is 6.42 Å². The number of pyridine rings is 1. The normalized spacial score (nSPS) is 13.7. The molecule has 4 rings (SSSR count). The van der Waals surface area contributed by atoms with Crippen molar-refractivity contribution in [3.63, 3.8) is 0 Å². The fourth-order valence-corrected chi connectivity index (χ4v) is 3.94. The maximum Gasteiger partial charge on any atom is 0.258 e. The van der Waals surface area contributed by atoms with Crippen LogP contribution in [0.15, 0.2) is 73.1 Å². The molecule has 35 heavy (non-hydrogen) atoms. The van der Waals surface area contributed by atoms with Crippen molar-refractivity contribution in [2.75, 3.05) is 56.7 Å². The molecular formula is C27H31N5O3. The standard InChI is InChI=1S/C27H31N5O3/c1-31(25-9-12-28-13-10-25)27(34)22-6-3-8-24(20-22)30-23-7-2-5-21(19-23)26(33)29-11-4-14-32-15-17-35-18-16-32/h2-3,5-10,12-13,19-20,30H,4,11,14-18H2,1H3,(H,29,33). The number of nitrogens with zero attached hydrogens (tertiary/aromatic N) is 3. The summed E-state index contributed by atoms with van der Waals surface area (Å²) in [6.45, 7) is 5.05. The lowest BCUT2D eigenvalue weighted by Crippen LogP contribution is -2.38. The molecule has 8 heteroatoms. The van der Waals surface area contributed by atoms with E-state index in [2.05, 4.69) is 20.5 Å². The van der Waals surface area contributed by atoms with E-state index in [1.807, 2.05) is 30.3 Å². The number of carbonyl (C=O) groups is 2. The van der Waals surface area contributed by atoms with Crippen LogP contribution in [0, 0.1) is 0 Å². The van der Waals surface area contributed by atoms with E-state index in [0.717, 1.165) is 56.3 Å². The molecule has 2 aromatic carbocycles. The predicted molar refractivity (Wildman–Crippen MR) is 137 cm³/mol. The highest BCUT2D eigenvalue weighted by molar-refractivity contribution is 6.06. The van der Waals surface area contributed by atoms with Crippen molar-refractivity contribution in [1.82, 2.24) is 15.2 Å². The molecule has 182 valence electrons. The van der Waals surface area contributed by atoms with E-state index in [0.29, 0.717) is 17.7 Å². The molecule has 0 aliphatic carbocycles. The van der Waals surface area contributed by atoms with Gasteiger partial charge >= 0.3 is 0 Å². The number of ether oxygens (including phenoxy) is 1. The van der Waals surface area contributed by atoms with Gasteiger partial charge in [-0.05, 0) is 61.5 Å². The summed E-state index contributed by atoms with van der Waals surface area (Å²) in [7, 11) is 1.74. The van der Waals surface area contributed by atoms with E-state index in [9.17, 15) is 9.59 Å². The zero-order valence-electron chi connectivity index (χ0n) is 19.9. The van der Waals surface area contributed by atoms with Crippen LogP contribution in [-0.2, 0) is 4.74 Å². The number of nitrogens with one attached hydrogen (secondary N) is 2. The van der Waals surface area contributed by atoms with Crippen LogP contribution in [0.5, 0.6) is 0 Å². The van der Waals surface area contributed by atoms with Crippen LogP contribution < -0.4 is 15.5 Å². The highest BCUT2D eigenvalue weighted by Gasteiger charge is 2.14. The highest BCUT2D eigenvalue weighted by Crippen LogP contribution is 2.21. The van der Waals surface area contributed by atoms with Crippen molar-refractivity contribution in [3.8, 4) is 0 Å². The Morgan fingerprint density at radius 2 is 1.63 bits per heavy atom. The molecule has 0 atom stereocenters. The Balaban J connectivity index is 1.33. The SMILES string of the molecule is CN(C(=O)c1cccc(Nc2cccc(C(=O)NCCCN3CCOCC3)c2)c1)c1ccncc1. The van der Waals surface area contributed by atoms with Gasteiger partial charge in [0.15, 0.2) is 0 Å². The van der Waals surface area contributed by atoms with Gasteiger partial charge in [0.25, 0.3) is 11.8 Å². The zero-order chi connectivity index (χ0) is 24.5. The smallest absolute Gasteiger partial charge is 0.258 e. The van der Waals surface area contributed by atoms with Crippen molar-refractivity contribution in [2.24, 2.45) is 0 Å². The van der Waals surface area contributed by atoms with Gasteiger partial charge in [0.2, 0.25) is 0 Å². The van der Waals surface area contributed by atoms with E-state index < -0.39 is 0 Å². The quantitative estimate of drug-likeness (QED) is 0.462. The molecule has 1 saturated heterocycles. The van der Waals surface area contributed by atoms with Gasteiger partial charge in [-0.15, -0.1) is 0 Å². The van der Waals surface area contributed by atoms with Gasteiger partial charge in [-0.1, -0.05) is 12.1 Å². The first-order valence-corrected chi connectivity index (χ1v) is 11.8. The molecule has 2 N–H and O–H groups in total. The number of benzene rings is 2. The summed E-state index contributed by atoms with van der Waals surface area (Å²) >= 11 is 0. The van der Waals surface area contributed by atoms with E-state index in [4.69, 9.17) is 4.74 Å². The number of rotatable bonds is 9. The van der Waals surface area contributed by atoms with Gasteiger partial charge in [0, 0.05) is 67.3 Å². The van der Waals surface area contributed by atoms with Crippen LogP contribution >= 0.6 is 0 Å². The number of hydrogen-bond acceptors (Lipinski definition) is 6. The second-order valence-corrected chi connectivity index (χ2v) is 8.42. The zero-order valence-corrected chi connectivity index (χ0v) is 19.9. The number of amides is 2. The van der Waals surface area contributed by atoms with Crippen LogP contribution in [0.4, 0.5) is 17.1 Å². The van der Waals surface area contributed by atoms with E-state index in [-0.39, 0.29) is 11.8 Å². The van der Waals surface area contributed by atoms with Crippen molar-refractivity contribution in [1.29, 1.82) is 0 Å². The Labute approximate surface area is 205 Å². The molecule has 0 spiro atoms. The van der Waals surface area contributed by atoms with E-state index in [1.54, 1.807) is 54.7 Å². The van der Waals surface area contributed by atoms with Gasteiger partial charge in [-0.25, -0.2) is 0 Å². The molecule has 1 aromatic heterocycles. The second-order valence-electron chi connectivity index (χ2n) is 8.42. The van der Waals surface area contributed by atoms with Crippen molar-refractivity contribution < 1.29 is 14.3 Å². The number of morpholine rings is 1. The van der Waals surface area contributed by atoms with Crippen LogP contribution in [0.3, 0.4) is 0 Å². The summed E-state index contributed by atoms with van der Waals surface area (Å²) in [4.78, 5) is 33.5. The van der Waals surface area contributed by atoms with Crippen LogP contribution in [0.2, 0.25) is 0 Å². The largest absolute Gasteiger partial charge is 0.379 e. The lowest BCUT2D eigenvalue weighted by Gasteiger charge is -2.26. The average molecular weight is 474 g/mol. The first kappa shape index (κ1) is 24.4. The third-order valence-electron chi connectivity index (χ3n) is 5.92. The molecule has 0 bridgehead atoms. The maximum absolute atomic E-state index is 12.9. The third-order valence-corrected chi connectivity index (χ3v) is 5.92. The molecule has 1 aliphatic rings. The number of hydrogen-bond donors (Lipinski definition) is 2. The first-order valence-electron chi connectivity index (χ1n) is 11.8. The third kappa shape index (κ3) is 6.88. The minimum Gasteiger partial charge on any atom is -0.379 e. The maximum atomic E-state index is 12.9. The van der Waals surface area contributed by atoms with E-state index >= 15 is 0 Å². The molecular weight excluding hydrogens is 442 g/mol. The molecule has 2 heterocycles. The molecule has 0 radical (unpaired) electrons. The molecule has 3 aromatic rings. The Kier molecular flexibility index (Phi) is 8.43. The highest BCUT2D eigenvalue weighted by atomic mass is 16.5. The summed E-state index contributed by atoms with van der Waals surface area (Å²) in [6, 6.07) is 18.2. The molecule has 1 aliphatic heterocycles. The van der Waals surface area contributed by atoms with Gasteiger partial charge in [0.05, 0.1) is 13.2 Å². The summed E-state index contributed by atoms with van der Waals surface area (Å²) in [5, 5.41) is 6.31. The Morgan fingerprint density at radius 3 is 2.34 bits per heavy atom. The molecule has 0 saturated carbocycles. The Hall–Kier alpha value is -3.75. The van der Waals surface area contributed by atoms with Crippen LogP contribution in [0.25, 0.3) is 0 Å². The van der Waals surface area contributed by atoms with Gasteiger partial charge in [0.1, 0.15) is 0 Å². The van der Waals surface area contributed by atoms with Crippen LogP contribution in [0.1, 0.15) is 27.1 Å². The topological polar surface area (TPSA) is 86.8 Å². The first-order chi connectivity index (χ1) is 17.1. The Morgan fingerprint density at radius 1 is 0.971 bits per heavy atom. The van der Waals surface area contributed by atoms with E-state index in [1.165, 1.54) is 0 Å². The summed E-state index contributed by atoms with van der Waals surface area (Å²) in [5.41, 5.74) is 3.46. The van der Waals surface area contributed by atoms with Crippen molar-refractivity contribution in [3.05, 3.63) is 84.2 Å². The minimum atomic E-state index is -0.120. The fourth-order valence-electron chi connectivity index (χ4n) is 3.94. The Bertz CT molecular complexity index is 1130. The predicted octanol–water partition coefficient (Wildman–Crippen LogP) is 3.55. The van der Waals surface area contributed by atoms with Gasteiger partial charge in [-0.2, -0.15) is 0 Å². The summed E-state index contributed by atoms with van der Waals surface area (Å²) in [6.07, 6.45) is 4.22.